The average molecular weight is 334 g/mol. The van der Waals surface area contributed by atoms with Crippen molar-refractivity contribution in [1.82, 2.24) is 9.88 Å². The van der Waals surface area contributed by atoms with E-state index < -0.39 is 0 Å². The van der Waals surface area contributed by atoms with Crippen LogP contribution in [0.1, 0.15) is 38.4 Å². The minimum Gasteiger partial charge on any atom is -0.396 e. The highest BCUT2D eigenvalue weighted by Gasteiger charge is 2.25. The first kappa shape index (κ1) is 17.6. The van der Waals surface area contributed by atoms with Crippen LogP contribution in [-0.2, 0) is 11.3 Å². The molecule has 23 heavy (non-hydrogen) atoms. The third-order valence-corrected chi connectivity index (χ3v) is 4.80. The molecule has 1 heterocycles. The van der Waals surface area contributed by atoms with Crippen molar-refractivity contribution in [2.75, 3.05) is 20.8 Å². The largest absolute Gasteiger partial charge is 0.396 e. The lowest BCUT2D eigenvalue weighted by molar-refractivity contribution is 0.0709. The third-order valence-electron chi connectivity index (χ3n) is 3.68. The van der Waals surface area contributed by atoms with Crippen LogP contribution in [0.3, 0.4) is 0 Å². The van der Waals surface area contributed by atoms with Crippen molar-refractivity contribution in [3.8, 4) is 0 Å². The average Bonchev–Trinajstić information content (AvgIpc) is 2.93. The number of hydrogen-bond acceptors (Lipinski definition) is 5. The molecule has 0 fully saturated rings. The molecule has 5 nitrogen and oxygen atoms in total. The second-order valence-electron chi connectivity index (χ2n) is 5.31. The number of aryl methyl sites for hydroxylation is 1. The minimum atomic E-state index is -0.166. The molecule has 2 aromatic rings. The van der Waals surface area contributed by atoms with Crippen LogP contribution in [0.5, 0.6) is 0 Å². The predicted octanol–water partition coefficient (Wildman–Crippen LogP) is 2.79. The fourth-order valence-corrected chi connectivity index (χ4v) is 3.54. The van der Waals surface area contributed by atoms with Gasteiger partial charge in [-0.25, -0.2) is 4.98 Å². The van der Waals surface area contributed by atoms with Gasteiger partial charge >= 0.3 is 0 Å². The summed E-state index contributed by atoms with van der Waals surface area (Å²) < 4.78 is 5.08. The van der Waals surface area contributed by atoms with Crippen LogP contribution in [0.25, 0.3) is 0 Å². The van der Waals surface area contributed by atoms with E-state index in [0.29, 0.717) is 17.9 Å². The SMILES string of the molecule is COCc1nc(C)c(C(=O)N(C)C(CCO)c2ccccc2)s1. The van der Waals surface area contributed by atoms with Gasteiger partial charge in [0.15, 0.2) is 0 Å². The van der Waals surface area contributed by atoms with Gasteiger partial charge in [-0.05, 0) is 18.9 Å². The molecule has 0 saturated heterocycles. The van der Waals surface area contributed by atoms with Gasteiger partial charge in [0.25, 0.3) is 5.91 Å². The number of carbonyl (C=O) groups is 1. The lowest BCUT2D eigenvalue weighted by Gasteiger charge is -2.28. The van der Waals surface area contributed by atoms with E-state index in [1.807, 2.05) is 37.3 Å². The van der Waals surface area contributed by atoms with E-state index in [2.05, 4.69) is 4.98 Å². The first-order chi connectivity index (χ1) is 11.1. The predicted molar refractivity (Wildman–Crippen MR) is 90.5 cm³/mol. The highest BCUT2D eigenvalue weighted by molar-refractivity contribution is 7.13. The number of aromatic nitrogens is 1. The van der Waals surface area contributed by atoms with Gasteiger partial charge in [-0.1, -0.05) is 30.3 Å². The number of hydrogen-bond donors (Lipinski definition) is 1. The van der Waals surface area contributed by atoms with E-state index >= 15 is 0 Å². The van der Waals surface area contributed by atoms with E-state index in [4.69, 9.17) is 4.74 Å². The fraction of sp³-hybridized carbons (Fsp3) is 0.412. The molecule has 0 radical (unpaired) electrons. The van der Waals surface area contributed by atoms with Gasteiger partial charge in [0.2, 0.25) is 0 Å². The molecule has 1 aromatic heterocycles. The molecule has 0 spiro atoms. The summed E-state index contributed by atoms with van der Waals surface area (Å²) in [5.74, 6) is -0.0790. The summed E-state index contributed by atoms with van der Waals surface area (Å²) in [7, 11) is 3.38. The number of aliphatic hydroxyl groups excluding tert-OH is 1. The molecule has 1 unspecified atom stereocenters. The molecular formula is C17H22N2O3S. The fourth-order valence-electron chi connectivity index (χ4n) is 2.52. The molecule has 0 bridgehead atoms. The monoisotopic (exact) mass is 334 g/mol. The Morgan fingerprint density at radius 2 is 2.09 bits per heavy atom. The maximum absolute atomic E-state index is 12.8. The minimum absolute atomic E-state index is 0.0216. The van der Waals surface area contributed by atoms with Gasteiger partial charge in [0, 0.05) is 20.8 Å². The summed E-state index contributed by atoms with van der Waals surface area (Å²) in [5, 5.41) is 10.2. The van der Waals surface area contributed by atoms with Crippen LogP contribution in [0.15, 0.2) is 30.3 Å². The summed E-state index contributed by atoms with van der Waals surface area (Å²) in [6, 6.07) is 9.59. The molecule has 0 aliphatic carbocycles. The number of aliphatic hydroxyl groups is 1. The molecule has 1 aromatic carbocycles. The topological polar surface area (TPSA) is 62.7 Å². The summed E-state index contributed by atoms with van der Waals surface area (Å²) in [6.45, 7) is 2.26. The van der Waals surface area contributed by atoms with E-state index in [1.165, 1.54) is 11.3 Å². The summed E-state index contributed by atoms with van der Waals surface area (Å²) in [6.07, 6.45) is 0.495. The molecular weight excluding hydrogens is 312 g/mol. The Morgan fingerprint density at radius 3 is 2.70 bits per heavy atom. The molecule has 0 aliphatic rings. The second-order valence-corrected chi connectivity index (χ2v) is 6.39. The summed E-state index contributed by atoms with van der Waals surface area (Å²) >= 11 is 1.36. The van der Waals surface area contributed by atoms with E-state index in [9.17, 15) is 9.90 Å². The molecule has 2 rings (SSSR count). The molecule has 0 saturated carbocycles. The first-order valence-corrected chi connectivity index (χ1v) is 8.28. The molecule has 1 amide bonds. The Kier molecular flexibility index (Phi) is 6.27. The van der Waals surface area contributed by atoms with Crippen LogP contribution in [0.2, 0.25) is 0 Å². The number of nitrogens with zero attached hydrogens (tertiary/aromatic N) is 2. The Balaban J connectivity index is 2.25. The molecule has 1 atom stereocenters. The first-order valence-electron chi connectivity index (χ1n) is 7.46. The number of methoxy groups -OCH3 is 1. The second kappa shape index (κ2) is 8.19. The normalized spacial score (nSPS) is 12.2. The van der Waals surface area contributed by atoms with Gasteiger partial charge in [-0.3, -0.25) is 4.79 Å². The maximum atomic E-state index is 12.8. The van der Waals surface area contributed by atoms with E-state index in [-0.39, 0.29) is 18.6 Å². The van der Waals surface area contributed by atoms with Crippen LogP contribution in [0.4, 0.5) is 0 Å². The van der Waals surface area contributed by atoms with Gasteiger partial charge in [-0.2, -0.15) is 0 Å². The maximum Gasteiger partial charge on any atom is 0.266 e. The highest BCUT2D eigenvalue weighted by atomic mass is 32.1. The van der Waals surface area contributed by atoms with Crippen molar-refractivity contribution < 1.29 is 14.6 Å². The zero-order valence-electron chi connectivity index (χ0n) is 13.7. The van der Waals surface area contributed by atoms with Crippen molar-refractivity contribution in [2.24, 2.45) is 0 Å². The Bertz CT molecular complexity index is 643. The molecule has 124 valence electrons. The van der Waals surface area contributed by atoms with Crippen molar-refractivity contribution in [3.63, 3.8) is 0 Å². The van der Waals surface area contributed by atoms with Gasteiger partial charge in [-0.15, -0.1) is 11.3 Å². The van der Waals surface area contributed by atoms with Crippen molar-refractivity contribution in [2.45, 2.75) is 26.0 Å². The van der Waals surface area contributed by atoms with Crippen molar-refractivity contribution in [3.05, 3.63) is 51.5 Å². The van der Waals surface area contributed by atoms with Crippen LogP contribution < -0.4 is 0 Å². The number of ether oxygens (including phenoxy) is 1. The van der Waals surface area contributed by atoms with Crippen molar-refractivity contribution >= 4 is 17.2 Å². The van der Waals surface area contributed by atoms with Gasteiger partial charge in [0.1, 0.15) is 9.88 Å². The third kappa shape index (κ3) is 4.16. The van der Waals surface area contributed by atoms with Crippen molar-refractivity contribution in [1.29, 1.82) is 0 Å². The Morgan fingerprint density at radius 1 is 1.39 bits per heavy atom. The highest BCUT2D eigenvalue weighted by Crippen LogP contribution is 2.27. The zero-order valence-corrected chi connectivity index (χ0v) is 14.5. The van der Waals surface area contributed by atoms with Gasteiger partial charge in [0.05, 0.1) is 18.3 Å². The van der Waals surface area contributed by atoms with E-state index in [0.717, 1.165) is 16.3 Å². The van der Waals surface area contributed by atoms with Crippen LogP contribution >= 0.6 is 11.3 Å². The lowest BCUT2D eigenvalue weighted by Crippen LogP contribution is -2.31. The standard InChI is InChI=1S/C17H22N2O3S/c1-12-16(23-15(18-12)11-22-3)17(21)19(2)14(9-10-20)13-7-5-4-6-8-13/h4-8,14,20H,9-11H2,1-3H3. The number of amides is 1. The Labute approximate surface area is 140 Å². The van der Waals surface area contributed by atoms with Crippen LogP contribution in [-0.4, -0.2) is 41.7 Å². The smallest absolute Gasteiger partial charge is 0.266 e. The molecule has 6 heteroatoms. The number of benzene rings is 1. The number of carbonyl (C=O) groups excluding carboxylic acids is 1. The quantitative estimate of drug-likeness (QED) is 0.846. The molecule has 0 aliphatic heterocycles. The molecule has 1 N–H and O–H groups in total. The summed E-state index contributed by atoms with van der Waals surface area (Å²) in [4.78, 5) is 19.5. The van der Waals surface area contributed by atoms with Gasteiger partial charge < -0.3 is 14.7 Å². The van der Waals surface area contributed by atoms with Crippen LogP contribution in [0, 0.1) is 6.92 Å². The number of thiazole rings is 1. The Hall–Kier alpha value is -1.76. The van der Waals surface area contributed by atoms with E-state index in [1.54, 1.807) is 19.1 Å². The number of rotatable bonds is 7. The lowest BCUT2D eigenvalue weighted by atomic mass is 10.0. The summed E-state index contributed by atoms with van der Waals surface area (Å²) in [5.41, 5.74) is 1.73. The zero-order chi connectivity index (χ0) is 16.8.